The zero-order chi connectivity index (χ0) is 15.7. The van der Waals surface area contributed by atoms with Gasteiger partial charge in [-0.3, -0.25) is 0 Å². The third-order valence-electron chi connectivity index (χ3n) is 4.38. The standard InChI is InChI=1S/C18H27BO2/c1-14(2)8-7-9-15-10-12-16(13-11-15)19-20-17(3,4)18(5,6)21-19/h7,9-14H,8H2,1-6H3. The zero-order valence-electron chi connectivity index (χ0n) is 14.1. The molecular formula is C18H27BO2. The highest BCUT2D eigenvalue weighted by Crippen LogP contribution is 2.36. The molecule has 0 saturated carbocycles. The minimum Gasteiger partial charge on any atom is -0.399 e. The minimum absolute atomic E-state index is 0.274. The Bertz CT molecular complexity index is 484. The van der Waals surface area contributed by atoms with Crippen LogP contribution in [0.1, 0.15) is 53.5 Å². The van der Waals surface area contributed by atoms with Crippen molar-refractivity contribution in [2.75, 3.05) is 0 Å². The number of hydrogen-bond acceptors (Lipinski definition) is 2. The van der Waals surface area contributed by atoms with Crippen LogP contribution in [0, 0.1) is 5.92 Å². The summed E-state index contributed by atoms with van der Waals surface area (Å²) in [6.07, 6.45) is 5.52. The molecule has 0 bridgehead atoms. The first-order chi connectivity index (χ1) is 9.71. The molecule has 0 atom stereocenters. The molecule has 2 nitrogen and oxygen atoms in total. The van der Waals surface area contributed by atoms with Crippen molar-refractivity contribution in [1.29, 1.82) is 0 Å². The summed E-state index contributed by atoms with van der Waals surface area (Å²) in [5.74, 6) is 0.699. The van der Waals surface area contributed by atoms with Crippen LogP contribution in [0.3, 0.4) is 0 Å². The highest BCUT2D eigenvalue weighted by atomic mass is 16.7. The molecule has 0 amide bonds. The van der Waals surface area contributed by atoms with Gasteiger partial charge in [-0.1, -0.05) is 50.3 Å². The summed E-state index contributed by atoms with van der Waals surface area (Å²) in [6, 6.07) is 8.43. The van der Waals surface area contributed by atoms with Gasteiger partial charge in [0.2, 0.25) is 0 Å². The van der Waals surface area contributed by atoms with Crippen molar-refractivity contribution in [3.05, 3.63) is 35.9 Å². The summed E-state index contributed by atoms with van der Waals surface area (Å²) in [4.78, 5) is 0. The number of benzene rings is 1. The summed E-state index contributed by atoms with van der Waals surface area (Å²) in [6.45, 7) is 12.8. The van der Waals surface area contributed by atoms with Crippen molar-refractivity contribution in [2.24, 2.45) is 5.92 Å². The van der Waals surface area contributed by atoms with E-state index in [0.717, 1.165) is 11.9 Å². The van der Waals surface area contributed by atoms with Crippen LogP contribution in [0.2, 0.25) is 0 Å². The number of allylic oxidation sites excluding steroid dienone is 1. The lowest BCUT2D eigenvalue weighted by molar-refractivity contribution is 0.00578. The molecule has 2 rings (SSSR count). The lowest BCUT2D eigenvalue weighted by Crippen LogP contribution is -2.41. The monoisotopic (exact) mass is 286 g/mol. The van der Waals surface area contributed by atoms with Crippen LogP contribution >= 0.6 is 0 Å². The normalized spacial score (nSPS) is 20.6. The number of hydrogen-bond donors (Lipinski definition) is 0. The summed E-state index contributed by atoms with van der Waals surface area (Å²) in [5.41, 5.74) is 1.73. The topological polar surface area (TPSA) is 18.5 Å². The maximum Gasteiger partial charge on any atom is 0.494 e. The Morgan fingerprint density at radius 2 is 1.52 bits per heavy atom. The molecule has 0 unspecified atom stereocenters. The lowest BCUT2D eigenvalue weighted by Gasteiger charge is -2.32. The SMILES string of the molecule is CC(C)CC=Cc1ccc(B2OC(C)(C)C(C)(C)O2)cc1. The smallest absolute Gasteiger partial charge is 0.399 e. The molecule has 0 N–H and O–H groups in total. The second-order valence-electron chi connectivity index (χ2n) is 7.29. The largest absolute Gasteiger partial charge is 0.494 e. The average molecular weight is 286 g/mol. The van der Waals surface area contributed by atoms with Gasteiger partial charge in [-0.25, -0.2) is 0 Å². The molecule has 0 spiro atoms. The van der Waals surface area contributed by atoms with Crippen molar-refractivity contribution in [3.63, 3.8) is 0 Å². The van der Waals surface area contributed by atoms with Gasteiger partial charge in [0, 0.05) is 0 Å². The van der Waals surface area contributed by atoms with Gasteiger partial charge < -0.3 is 9.31 Å². The van der Waals surface area contributed by atoms with E-state index in [1.807, 2.05) is 0 Å². The van der Waals surface area contributed by atoms with Crippen LogP contribution in [0.25, 0.3) is 6.08 Å². The fraction of sp³-hybridized carbons (Fsp3) is 0.556. The first-order valence-corrected chi connectivity index (χ1v) is 7.83. The summed E-state index contributed by atoms with van der Waals surface area (Å²) >= 11 is 0. The van der Waals surface area contributed by atoms with Gasteiger partial charge in [-0.05, 0) is 51.1 Å². The second kappa shape index (κ2) is 5.98. The van der Waals surface area contributed by atoms with Crippen LogP contribution in [0.15, 0.2) is 30.3 Å². The molecule has 114 valence electrons. The Morgan fingerprint density at radius 3 is 2.00 bits per heavy atom. The van der Waals surface area contributed by atoms with E-state index in [1.165, 1.54) is 5.56 Å². The fourth-order valence-electron chi connectivity index (χ4n) is 2.22. The van der Waals surface area contributed by atoms with Gasteiger partial charge in [0.05, 0.1) is 11.2 Å². The van der Waals surface area contributed by atoms with E-state index < -0.39 is 0 Å². The average Bonchev–Trinajstić information content (AvgIpc) is 2.59. The van der Waals surface area contributed by atoms with E-state index in [0.29, 0.717) is 5.92 Å². The van der Waals surface area contributed by atoms with Gasteiger partial charge in [0.1, 0.15) is 0 Å². The van der Waals surface area contributed by atoms with E-state index in [1.54, 1.807) is 0 Å². The molecule has 1 aromatic rings. The molecule has 1 aliphatic heterocycles. The van der Waals surface area contributed by atoms with Crippen molar-refractivity contribution in [3.8, 4) is 0 Å². The van der Waals surface area contributed by atoms with Gasteiger partial charge in [0.25, 0.3) is 0 Å². The van der Waals surface area contributed by atoms with Crippen LogP contribution < -0.4 is 5.46 Å². The third-order valence-corrected chi connectivity index (χ3v) is 4.38. The summed E-state index contributed by atoms with van der Waals surface area (Å²) in [5, 5.41) is 0. The molecule has 3 heteroatoms. The van der Waals surface area contributed by atoms with Crippen LogP contribution in [-0.2, 0) is 9.31 Å². The Morgan fingerprint density at radius 1 is 1.00 bits per heavy atom. The Labute approximate surface area is 129 Å². The van der Waals surface area contributed by atoms with Gasteiger partial charge >= 0.3 is 7.12 Å². The highest BCUT2D eigenvalue weighted by molar-refractivity contribution is 6.62. The molecule has 1 heterocycles. The third kappa shape index (κ3) is 3.78. The Kier molecular flexibility index (Phi) is 4.65. The van der Waals surface area contributed by atoms with Crippen molar-refractivity contribution < 1.29 is 9.31 Å². The number of rotatable bonds is 4. The Hall–Kier alpha value is -1.06. The molecule has 1 saturated heterocycles. The molecular weight excluding hydrogens is 259 g/mol. The highest BCUT2D eigenvalue weighted by Gasteiger charge is 2.51. The Balaban J connectivity index is 2.05. The molecule has 1 aliphatic rings. The van der Waals surface area contributed by atoms with Crippen LogP contribution in [0.5, 0.6) is 0 Å². The first kappa shape index (κ1) is 16.3. The fourth-order valence-corrected chi connectivity index (χ4v) is 2.22. The van der Waals surface area contributed by atoms with E-state index in [2.05, 4.69) is 78.0 Å². The van der Waals surface area contributed by atoms with Crippen LogP contribution in [-0.4, -0.2) is 18.3 Å². The molecule has 0 radical (unpaired) electrons. The first-order valence-electron chi connectivity index (χ1n) is 7.83. The molecule has 21 heavy (non-hydrogen) atoms. The second-order valence-corrected chi connectivity index (χ2v) is 7.29. The van der Waals surface area contributed by atoms with Crippen molar-refractivity contribution >= 4 is 18.7 Å². The lowest BCUT2D eigenvalue weighted by atomic mass is 9.79. The van der Waals surface area contributed by atoms with E-state index >= 15 is 0 Å². The van der Waals surface area contributed by atoms with Crippen molar-refractivity contribution in [2.45, 2.75) is 59.2 Å². The molecule has 1 aromatic carbocycles. The summed E-state index contributed by atoms with van der Waals surface area (Å²) < 4.78 is 12.1. The molecule has 0 aromatic heterocycles. The minimum atomic E-state index is -0.284. The van der Waals surface area contributed by atoms with E-state index in [-0.39, 0.29) is 18.3 Å². The maximum atomic E-state index is 6.06. The van der Waals surface area contributed by atoms with Gasteiger partial charge in [-0.15, -0.1) is 0 Å². The maximum absolute atomic E-state index is 6.06. The van der Waals surface area contributed by atoms with Gasteiger partial charge in [0.15, 0.2) is 0 Å². The van der Waals surface area contributed by atoms with Gasteiger partial charge in [-0.2, -0.15) is 0 Å². The molecule has 0 aliphatic carbocycles. The predicted octanol–water partition coefficient (Wildman–Crippen LogP) is 4.05. The van der Waals surface area contributed by atoms with Crippen LogP contribution in [0.4, 0.5) is 0 Å². The van der Waals surface area contributed by atoms with E-state index in [9.17, 15) is 0 Å². The van der Waals surface area contributed by atoms with E-state index in [4.69, 9.17) is 9.31 Å². The molecule has 1 fully saturated rings. The predicted molar refractivity (Wildman–Crippen MR) is 90.6 cm³/mol. The summed E-state index contributed by atoms with van der Waals surface area (Å²) in [7, 11) is -0.274. The van der Waals surface area contributed by atoms with Crippen molar-refractivity contribution in [1.82, 2.24) is 0 Å². The quantitative estimate of drug-likeness (QED) is 0.778. The zero-order valence-corrected chi connectivity index (χ0v) is 14.1.